The van der Waals surface area contributed by atoms with E-state index in [4.69, 9.17) is 15.4 Å². The molecule has 13 N–H and O–H groups in total. The molecule has 1 aliphatic rings. The van der Waals surface area contributed by atoms with Gasteiger partial charge in [0.05, 0.1) is 18.5 Å². The van der Waals surface area contributed by atoms with E-state index in [1.54, 1.807) is 44.2 Å². The van der Waals surface area contributed by atoms with Crippen molar-refractivity contribution in [3.63, 3.8) is 0 Å². The Balaban J connectivity index is 1.71. The highest BCUT2D eigenvalue weighted by Crippen LogP contribution is 2.22. The minimum atomic E-state index is -4.83. The molecular weight excluding hydrogens is 1100 g/mol. The second-order valence-corrected chi connectivity index (χ2v) is 21.5. The summed E-state index contributed by atoms with van der Waals surface area (Å²) < 4.78 is 35.8. The first-order chi connectivity index (χ1) is 38.4. The van der Waals surface area contributed by atoms with Crippen LogP contribution >= 0.6 is 0 Å². The molecule has 1 aliphatic heterocycles. The van der Waals surface area contributed by atoms with E-state index in [2.05, 4.69) is 46.7 Å². The average Bonchev–Trinajstić information content (AvgIpc) is 3.93. The predicted octanol–water partition coefficient (Wildman–Crippen LogP) is -1.46. The van der Waals surface area contributed by atoms with Gasteiger partial charge in [0.2, 0.25) is 53.2 Å². The summed E-state index contributed by atoms with van der Waals surface area (Å²) in [6, 6.07) is 0.252. The van der Waals surface area contributed by atoms with Crippen LogP contribution in [0.15, 0.2) is 54.6 Å². The zero-order chi connectivity index (χ0) is 61.6. The number of nitrogens with two attached hydrogens (primary N) is 1. The number of carboxylic acids is 2. The van der Waals surface area contributed by atoms with E-state index in [0.29, 0.717) is 30.3 Å². The molecule has 28 nitrogen and oxygen atoms in total. The molecule has 0 spiro atoms. The number of rotatable bonds is 33. The fraction of sp³-hybridized carbons (Fsp3) is 0.547. The molecule has 0 unspecified atom stereocenters. The van der Waals surface area contributed by atoms with Gasteiger partial charge in [0.1, 0.15) is 60.4 Å². The fourth-order valence-electron chi connectivity index (χ4n) is 8.51. The minimum absolute atomic E-state index is 0.00665. The molecule has 0 radical (unpaired) electrons. The summed E-state index contributed by atoms with van der Waals surface area (Å²) in [5.74, 6) is -11.1. The van der Waals surface area contributed by atoms with E-state index in [1.165, 1.54) is 49.9 Å². The van der Waals surface area contributed by atoms with Gasteiger partial charge in [-0.2, -0.15) is 8.42 Å². The minimum Gasteiger partial charge on any atom is -0.481 e. The summed E-state index contributed by atoms with van der Waals surface area (Å²) in [4.78, 5) is 159. The molecule has 9 amide bonds. The van der Waals surface area contributed by atoms with E-state index in [9.17, 15) is 71.1 Å². The average molecular weight is 1170 g/mol. The zero-order valence-electron chi connectivity index (χ0n) is 46.7. The lowest BCUT2D eigenvalue weighted by Crippen LogP contribution is -2.60. The molecule has 1 saturated heterocycles. The molecule has 2 aromatic carbocycles. The van der Waals surface area contributed by atoms with Gasteiger partial charge in [0.25, 0.3) is 0 Å². The van der Waals surface area contributed by atoms with Gasteiger partial charge in [-0.05, 0) is 81.5 Å². The fourth-order valence-corrected chi connectivity index (χ4v) is 8.87. The highest BCUT2D eigenvalue weighted by molar-refractivity contribution is 7.81. The number of carboxylic acid groups (broad SMARTS) is 2. The third-order valence-corrected chi connectivity index (χ3v) is 13.6. The van der Waals surface area contributed by atoms with Crippen molar-refractivity contribution in [3.05, 3.63) is 65.7 Å². The summed E-state index contributed by atoms with van der Waals surface area (Å²) in [6.07, 6.45) is -0.497. The molecule has 29 heteroatoms. The Morgan fingerprint density at radius 1 is 0.659 bits per heavy atom. The van der Waals surface area contributed by atoms with Crippen LogP contribution in [0.25, 0.3) is 0 Å². The van der Waals surface area contributed by atoms with Gasteiger partial charge in [-0.25, -0.2) is 0 Å². The monoisotopic (exact) mass is 1170 g/mol. The van der Waals surface area contributed by atoms with Gasteiger partial charge in [-0.1, -0.05) is 76.6 Å². The molecule has 452 valence electrons. The summed E-state index contributed by atoms with van der Waals surface area (Å²) in [5.41, 5.74) is 6.68. The summed E-state index contributed by atoms with van der Waals surface area (Å²) in [5, 5.41) is 38.7. The Morgan fingerprint density at radius 3 is 1.70 bits per heavy atom. The second-order valence-electron chi connectivity index (χ2n) is 20.5. The van der Waals surface area contributed by atoms with Crippen molar-refractivity contribution >= 4 is 81.8 Å². The Kier molecular flexibility index (Phi) is 27.0. The smallest absolute Gasteiger partial charge is 0.446 e. The lowest BCUT2D eigenvalue weighted by Gasteiger charge is -2.32. The van der Waals surface area contributed by atoms with E-state index in [1.807, 2.05) is 13.8 Å². The molecule has 1 fully saturated rings. The van der Waals surface area contributed by atoms with Gasteiger partial charge in [-0.3, -0.25) is 57.3 Å². The van der Waals surface area contributed by atoms with Crippen LogP contribution in [0.1, 0.15) is 105 Å². The quantitative estimate of drug-likeness (QED) is 0.0287. The van der Waals surface area contributed by atoms with Crippen LogP contribution in [0.3, 0.4) is 0 Å². The first-order valence-electron chi connectivity index (χ1n) is 26.6. The number of likely N-dealkylation sites (tertiary alicyclic amines) is 1. The number of nitrogens with zero attached hydrogens (tertiary/aromatic N) is 1. The first-order valence-corrected chi connectivity index (χ1v) is 28.0. The van der Waals surface area contributed by atoms with Crippen LogP contribution in [0.5, 0.6) is 5.75 Å². The third-order valence-electron chi connectivity index (χ3n) is 13.2. The first kappa shape index (κ1) is 68.2. The molecule has 0 aliphatic carbocycles. The number of carbonyl (C=O) groups excluding carboxylic acids is 10. The normalized spacial score (nSPS) is 16.8. The van der Waals surface area contributed by atoms with Gasteiger partial charge < -0.3 is 72.4 Å². The van der Waals surface area contributed by atoms with Crippen molar-refractivity contribution in [2.24, 2.45) is 17.6 Å². The molecule has 1 heterocycles. The predicted molar refractivity (Wildman–Crippen MR) is 292 cm³/mol. The lowest BCUT2D eigenvalue weighted by atomic mass is 9.97. The molecule has 2 aromatic rings. The van der Waals surface area contributed by atoms with Crippen LogP contribution in [-0.4, -0.2) is 166 Å². The number of aldehydes is 1. The van der Waals surface area contributed by atoms with Gasteiger partial charge in [0.15, 0.2) is 0 Å². The van der Waals surface area contributed by atoms with E-state index >= 15 is 0 Å². The molecule has 82 heavy (non-hydrogen) atoms. The van der Waals surface area contributed by atoms with Gasteiger partial charge in [0, 0.05) is 25.8 Å². The topological polar surface area (TPSA) is 434 Å². The maximum absolute atomic E-state index is 14.3. The molecular formula is C53H76N10O18S. The van der Waals surface area contributed by atoms with Crippen molar-refractivity contribution in [1.29, 1.82) is 0 Å². The number of carbonyl (C=O) groups is 12. The standard InChI is InChI=1S/C53H76N10O18S/c1-8-29(4)44(62-47(71)32(7)56-49(73)38(20-21-42(65)66)59-51(75)40(24-33-13-10-9-11-14-33)61-48(72)37(54)26-43(67)68)53(77)63-22-12-15-41(63)52(76)57-30(5)45(69)55-31(6)46(70)60-39(50(74)58-35(27-64)23-28(2)3)25-34-16-18-36(19-17-34)81-82(78,79)80/h9-11,13-14,16-19,27-32,35,37-41,44H,8,12,15,20-26,54H2,1-7H3,(H,55,69)(H,56,73)(H,57,76)(H,58,74)(H,59,75)(H,60,70)(H,61,72)(H,62,71)(H,65,66)(H,67,68)(H,78,79,80)/t29-,30-,31-,32-,35-,37-,38-,39-,40-,41-,44-/m0/s1. The highest BCUT2D eigenvalue weighted by atomic mass is 32.3. The largest absolute Gasteiger partial charge is 0.481 e. The molecule has 0 aromatic heterocycles. The number of nitrogens with one attached hydrogen (secondary N) is 8. The maximum Gasteiger partial charge on any atom is 0.446 e. The van der Waals surface area contributed by atoms with Crippen LogP contribution < -0.4 is 52.5 Å². The van der Waals surface area contributed by atoms with Gasteiger partial charge in [-0.15, -0.1) is 0 Å². The van der Waals surface area contributed by atoms with Crippen LogP contribution in [-0.2, 0) is 80.8 Å². The van der Waals surface area contributed by atoms with Crippen molar-refractivity contribution in [2.75, 3.05) is 6.54 Å². The van der Waals surface area contributed by atoms with E-state index < -0.39 is 161 Å². The van der Waals surface area contributed by atoms with Crippen molar-refractivity contribution in [1.82, 2.24) is 47.4 Å². The number of benzene rings is 2. The number of hydrogen-bond donors (Lipinski definition) is 12. The van der Waals surface area contributed by atoms with E-state index in [0.717, 1.165) is 0 Å². The van der Waals surface area contributed by atoms with Gasteiger partial charge >= 0.3 is 22.3 Å². The zero-order valence-corrected chi connectivity index (χ0v) is 47.5. The molecule has 11 atom stereocenters. The maximum atomic E-state index is 14.3. The molecule has 0 bridgehead atoms. The van der Waals surface area contributed by atoms with Crippen LogP contribution in [0.4, 0.5) is 0 Å². The highest BCUT2D eigenvalue weighted by Gasteiger charge is 2.41. The van der Waals surface area contributed by atoms with Crippen molar-refractivity contribution in [2.45, 2.75) is 167 Å². The second kappa shape index (κ2) is 32.4. The Labute approximate surface area is 474 Å². The summed E-state index contributed by atoms with van der Waals surface area (Å²) >= 11 is 0. The third kappa shape index (κ3) is 22.8. The van der Waals surface area contributed by atoms with Crippen molar-refractivity contribution < 1.29 is 84.9 Å². The number of hydrogen-bond acceptors (Lipinski definition) is 16. The van der Waals surface area contributed by atoms with Crippen LogP contribution in [0, 0.1) is 11.8 Å². The number of aliphatic carboxylic acids is 2. The van der Waals surface area contributed by atoms with E-state index in [-0.39, 0.29) is 43.9 Å². The number of amides is 9. The SMILES string of the molecule is CC[C@H](C)[C@H](NC(=O)[C@H](C)NC(=O)[C@H](CCC(=O)O)NC(=O)[C@H](Cc1ccccc1)NC(=O)[C@@H](N)CC(=O)O)C(=O)N1CCC[C@H]1C(=O)N[C@@H](C)C(=O)N[C@@H](C)C(=O)N[C@@H](Cc1ccc(OS(=O)(=O)O)cc1)C(=O)N[C@H](C=O)CC(C)C. The van der Waals surface area contributed by atoms with Crippen molar-refractivity contribution in [3.8, 4) is 5.75 Å². The Bertz CT molecular complexity index is 2720. The molecule has 0 saturated carbocycles. The summed E-state index contributed by atoms with van der Waals surface area (Å²) in [7, 11) is -4.83. The Morgan fingerprint density at radius 2 is 1.16 bits per heavy atom. The molecule has 3 rings (SSSR count). The van der Waals surface area contributed by atoms with Crippen LogP contribution in [0.2, 0.25) is 0 Å². The summed E-state index contributed by atoms with van der Waals surface area (Å²) in [6.45, 7) is 11.1. The Hall–Kier alpha value is -8.05. The lowest BCUT2D eigenvalue weighted by molar-refractivity contribution is -0.143.